The molecule has 0 unspecified atom stereocenters. The summed E-state index contributed by atoms with van der Waals surface area (Å²) in [7, 11) is -1.26. The maximum absolute atomic E-state index is 12.7. The lowest BCUT2D eigenvalue weighted by molar-refractivity contribution is 0.247. The zero-order valence-corrected chi connectivity index (χ0v) is 15.9. The minimum atomic E-state index is -1.26. The Labute approximate surface area is 151 Å². The van der Waals surface area contributed by atoms with Crippen molar-refractivity contribution in [3.05, 3.63) is 17.7 Å². The summed E-state index contributed by atoms with van der Waals surface area (Å²) < 4.78 is 6.83. The molecule has 6 rings (SSSR count). The van der Waals surface area contributed by atoms with Crippen molar-refractivity contribution in [1.29, 1.82) is 0 Å². The summed E-state index contributed by atoms with van der Waals surface area (Å²) in [5, 5.41) is 0.866. The minimum absolute atomic E-state index is 0.0752. The molecule has 8 heteroatoms. The Morgan fingerprint density at radius 2 is 2.28 bits per heavy atom. The third-order valence-corrected chi connectivity index (χ3v) is 9.92. The van der Waals surface area contributed by atoms with Crippen LogP contribution in [-0.2, 0) is 6.42 Å². The number of hydrogen-bond acceptors (Lipinski definition) is 5. The molecule has 0 radical (unpaired) electrons. The van der Waals surface area contributed by atoms with Crippen LogP contribution in [0.5, 0.6) is 5.75 Å². The number of anilines is 1. The first-order valence-electron chi connectivity index (χ1n) is 9.17. The molecule has 2 atom stereocenters. The topological polar surface area (TPSA) is 57.7 Å². The van der Waals surface area contributed by atoms with Crippen molar-refractivity contribution in [3.8, 4) is 5.75 Å². The maximum atomic E-state index is 12.7. The number of fused-ring (bicyclic) bond motifs is 4. The van der Waals surface area contributed by atoms with Crippen LogP contribution in [0.2, 0.25) is 6.04 Å². The van der Waals surface area contributed by atoms with Crippen LogP contribution in [0.25, 0.3) is 10.2 Å². The second-order valence-electron chi connectivity index (χ2n) is 7.49. The van der Waals surface area contributed by atoms with E-state index in [1.54, 1.807) is 11.3 Å². The molecule has 3 fully saturated rings. The second-order valence-corrected chi connectivity index (χ2v) is 11.3. The lowest BCUT2D eigenvalue weighted by Gasteiger charge is -2.35. The van der Waals surface area contributed by atoms with Crippen molar-refractivity contribution < 1.29 is 9.53 Å². The molecular weight excluding hydrogens is 352 g/mol. The van der Waals surface area contributed by atoms with Gasteiger partial charge in [0.25, 0.3) is 0 Å². The fourth-order valence-corrected chi connectivity index (χ4v) is 8.64. The number of benzene rings is 1. The standard InChI is InChI=1S/C17H20N4O2SSi/c22-16-19-25-8-6-20(10-1-2-10)9-14(25)21(16)17-18-15-11-5-7-23-12(11)3-4-13(15)24-17/h3-4,10,14,25H,1-2,5-9H2,(H,19,22)/t14-,25-/m0/s1. The molecule has 1 aromatic carbocycles. The maximum Gasteiger partial charge on any atom is 0.315 e. The molecule has 1 saturated carbocycles. The molecule has 4 aliphatic rings. The predicted molar refractivity (Wildman–Crippen MR) is 100 cm³/mol. The lowest BCUT2D eigenvalue weighted by Crippen LogP contribution is -2.54. The third-order valence-electron chi connectivity index (χ3n) is 5.96. The highest BCUT2D eigenvalue weighted by molar-refractivity contribution is 7.22. The number of nitrogens with one attached hydrogen (secondary N) is 1. The molecule has 2 aromatic rings. The van der Waals surface area contributed by atoms with Gasteiger partial charge < -0.3 is 9.72 Å². The van der Waals surface area contributed by atoms with E-state index in [0.717, 1.165) is 53.3 Å². The van der Waals surface area contributed by atoms with Gasteiger partial charge in [-0.05, 0) is 37.6 Å². The number of thiazole rings is 1. The number of amides is 2. The van der Waals surface area contributed by atoms with Gasteiger partial charge in [-0.1, -0.05) is 11.3 Å². The van der Waals surface area contributed by atoms with E-state index in [0.29, 0.717) is 5.67 Å². The van der Waals surface area contributed by atoms with Gasteiger partial charge in [-0.2, -0.15) is 0 Å². The zero-order valence-electron chi connectivity index (χ0n) is 13.9. The van der Waals surface area contributed by atoms with Crippen LogP contribution in [0, 0.1) is 0 Å². The van der Waals surface area contributed by atoms with E-state index >= 15 is 0 Å². The van der Waals surface area contributed by atoms with Crippen LogP contribution >= 0.6 is 11.3 Å². The molecule has 1 aromatic heterocycles. The van der Waals surface area contributed by atoms with E-state index in [2.05, 4.69) is 15.9 Å². The monoisotopic (exact) mass is 372 g/mol. The number of ether oxygens (including phenoxy) is 1. The lowest BCUT2D eigenvalue weighted by atomic mass is 10.1. The van der Waals surface area contributed by atoms with Gasteiger partial charge in [0.1, 0.15) is 5.75 Å². The Morgan fingerprint density at radius 1 is 1.36 bits per heavy atom. The molecule has 6 nitrogen and oxygen atoms in total. The van der Waals surface area contributed by atoms with Gasteiger partial charge in [0.05, 0.1) is 22.5 Å². The van der Waals surface area contributed by atoms with Crippen molar-refractivity contribution >= 4 is 41.7 Å². The number of nitrogens with zero attached hydrogens (tertiary/aromatic N) is 3. The van der Waals surface area contributed by atoms with Gasteiger partial charge in [-0.15, -0.1) is 0 Å². The van der Waals surface area contributed by atoms with E-state index in [4.69, 9.17) is 9.72 Å². The highest BCUT2D eigenvalue weighted by Crippen LogP contribution is 2.40. The largest absolute Gasteiger partial charge is 0.493 e. The van der Waals surface area contributed by atoms with Crippen molar-refractivity contribution in [1.82, 2.24) is 14.9 Å². The number of carbonyl (C=O) groups is 1. The Morgan fingerprint density at radius 3 is 3.16 bits per heavy atom. The molecule has 0 spiro atoms. The first kappa shape index (κ1) is 14.5. The Kier molecular flexibility index (Phi) is 3.01. The van der Waals surface area contributed by atoms with Gasteiger partial charge >= 0.3 is 6.03 Å². The average Bonchev–Trinajstić information content (AvgIpc) is 3.05. The summed E-state index contributed by atoms with van der Waals surface area (Å²) in [6, 6.07) is 6.15. The van der Waals surface area contributed by atoms with Crippen molar-refractivity contribution in [2.24, 2.45) is 0 Å². The summed E-state index contributed by atoms with van der Waals surface area (Å²) in [5.41, 5.74) is 2.58. The van der Waals surface area contributed by atoms with Crippen molar-refractivity contribution in [3.63, 3.8) is 0 Å². The van der Waals surface area contributed by atoms with Crippen LogP contribution in [0.3, 0.4) is 0 Å². The van der Waals surface area contributed by atoms with Gasteiger partial charge in [-0.25, -0.2) is 9.78 Å². The molecule has 1 aliphatic carbocycles. The van der Waals surface area contributed by atoms with Crippen LogP contribution in [0.15, 0.2) is 12.1 Å². The SMILES string of the molecule is O=C1N[Si@H]2CCN(C3CC3)C[C@H]2N1c1nc2c3c(ccc2s1)OCC3. The molecule has 3 aliphatic heterocycles. The molecule has 4 heterocycles. The molecule has 2 saturated heterocycles. The molecule has 1 N–H and O–H groups in total. The van der Waals surface area contributed by atoms with Gasteiger partial charge in [0, 0.05) is 24.6 Å². The fraction of sp³-hybridized carbons (Fsp3) is 0.529. The van der Waals surface area contributed by atoms with Gasteiger partial charge in [0.15, 0.2) is 14.1 Å². The summed E-state index contributed by atoms with van der Waals surface area (Å²) in [6.45, 7) is 2.92. The summed E-state index contributed by atoms with van der Waals surface area (Å²) in [5.74, 6) is 0.958. The first-order valence-corrected chi connectivity index (χ1v) is 12.0. The molecule has 130 valence electrons. The third kappa shape index (κ3) is 2.17. The average molecular weight is 373 g/mol. The molecule has 2 amide bonds. The van der Waals surface area contributed by atoms with Gasteiger partial charge in [0.2, 0.25) is 0 Å². The quantitative estimate of drug-likeness (QED) is 0.818. The van der Waals surface area contributed by atoms with Crippen LogP contribution < -0.4 is 14.6 Å². The smallest absolute Gasteiger partial charge is 0.315 e. The predicted octanol–water partition coefficient (Wildman–Crippen LogP) is 1.87. The van der Waals surface area contributed by atoms with Crippen molar-refractivity contribution in [2.45, 2.75) is 37.0 Å². The van der Waals surface area contributed by atoms with Crippen LogP contribution in [-0.4, -0.2) is 56.3 Å². The fourth-order valence-electron chi connectivity index (χ4n) is 4.53. The van der Waals surface area contributed by atoms with E-state index in [1.165, 1.54) is 24.4 Å². The summed E-state index contributed by atoms with van der Waals surface area (Å²) in [4.78, 5) is 25.5. The molecule has 25 heavy (non-hydrogen) atoms. The Bertz CT molecular complexity index is 883. The highest BCUT2D eigenvalue weighted by atomic mass is 32.1. The number of hydrogen-bond donors (Lipinski definition) is 1. The van der Waals surface area contributed by atoms with Crippen molar-refractivity contribution in [2.75, 3.05) is 24.6 Å². The summed E-state index contributed by atoms with van der Waals surface area (Å²) >= 11 is 1.65. The summed E-state index contributed by atoms with van der Waals surface area (Å²) in [6.07, 6.45) is 3.57. The number of carbonyl (C=O) groups excluding carboxylic acids is 1. The van der Waals surface area contributed by atoms with Gasteiger partial charge in [-0.3, -0.25) is 9.80 Å². The zero-order chi connectivity index (χ0) is 16.5. The number of rotatable bonds is 2. The molecular formula is C17H20N4O2SSi. The molecule has 0 bridgehead atoms. The highest BCUT2D eigenvalue weighted by Gasteiger charge is 2.48. The first-order chi connectivity index (χ1) is 12.3. The Balaban J connectivity index is 1.39. The normalized spacial score (nSPS) is 28.8. The van der Waals surface area contributed by atoms with E-state index in [9.17, 15) is 4.79 Å². The van der Waals surface area contributed by atoms with Crippen LogP contribution in [0.4, 0.5) is 9.93 Å². The van der Waals surface area contributed by atoms with Crippen LogP contribution in [0.1, 0.15) is 18.4 Å². The van der Waals surface area contributed by atoms with E-state index in [-0.39, 0.29) is 6.03 Å². The van der Waals surface area contributed by atoms with E-state index in [1.807, 2.05) is 11.0 Å². The number of urea groups is 1. The minimum Gasteiger partial charge on any atom is -0.493 e. The number of aromatic nitrogens is 1. The second kappa shape index (κ2) is 5.18. The Hall–Kier alpha value is -1.64. The van der Waals surface area contributed by atoms with E-state index < -0.39 is 8.96 Å².